The summed E-state index contributed by atoms with van der Waals surface area (Å²) in [4.78, 5) is 52.3. The van der Waals surface area contributed by atoms with E-state index < -0.39 is 36.0 Å². The number of halogens is 1. The number of anilines is 1. The molecule has 0 aliphatic rings. The maximum atomic E-state index is 13.4. The lowest BCUT2D eigenvalue weighted by Crippen LogP contribution is -2.43. The molecule has 3 aromatic carbocycles. The second-order valence-corrected chi connectivity index (χ2v) is 8.80. The molecule has 38 heavy (non-hydrogen) atoms. The smallest absolute Gasteiger partial charge is 0.332 e. The van der Waals surface area contributed by atoms with Crippen molar-refractivity contribution in [1.82, 2.24) is 9.13 Å². The summed E-state index contributed by atoms with van der Waals surface area (Å²) in [6.07, 6.45) is -0.0442. The molecule has 0 saturated carbocycles. The minimum Gasteiger partial charge on any atom is -0.508 e. The van der Waals surface area contributed by atoms with Crippen molar-refractivity contribution in [1.29, 1.82) is 0 Å². The third-order valence-electron chi connectivity index (χ3n) is 5.85. The molecule has 0 spiro atoms. The SMILES string of the molecule is COc1cc(OC)c(NC(=O)Cn2c(=O)n(CC(=O)Cc3ccc(O)cc3)c(=O)c3ccccc32)cc1Cl. The van der Waals surface area contributed by atoms with Gasteiger partial charge in [-0.3, -0.25) is 23.5 Å². The van der Waals surface area contributed by atoms with Gasteiger partial charge in [-0.1, -0.05) is 35.9 Å². The van der Waals surface area contributed by atoms with Crippen molar-refractivity contribution in [2.45, 2.75) is 19.5 Å². The zero-order valence-electron chi connectivity index (χ0n) is 20.6. The summed E-state index contributed by atoms with van der Waals surface area (Å²) in [6.45, 7) is -0.925. The van der Waals surface area contributed by atoms with Crippen LogP contribution in [-0.2, 0) is 29.1 Å². The van der Waals surface area contributed by atoms with E-state index in [1.54, 1.807) is 30.3 Å². The molecule has 11 heteroatoms. The second kappa shape index (κ2) is 11.2. The van der Waals surface area contributed by atoms with Crippen LogP contribution in [0.15, 0.2) is 70.3 Å². The van der Waals surface area contributed by atoms with Gasteiger partial charge in [0.15, 0.2) is 5.78 Å². The predicted octanol–water partition coefficient (Wildman–Crippen LogP) is 2.99. The van der Waals surface area contributed by atoms with E-state index in [1.165, 1.54) is 44.6 Å². The first-order valence-corrected chi connectivity index (χ1v) is 11.8. The van der Waals surface area contributed by atoms with Gasteiger partial charge in [-0.05, 0) is 35.9 Å². The molecule has 0 bridgehead atoms. The fraction of sp³-hybridized carbons (Fsp3) is 0.185. The average molecular weight is 538 g/mol. The first-order chi connectivity index (χ1) is 18.2. The maximum Gasteiger partial charge on any atom is 0.332 e. The van der Waals surface area contributed by atoms with Crippen LogP contribution in [0.5, 0.6) is 17.2 Å². The summed E-state index contributed by atoms with van der Waals surface area (Å²) in [7, 11) is 2.86. The van der Waals surface area contributed by atoms with Crippen molar-refractivity contribution >= 4 is 39.9 Å². The van der Waals surface area contributed by atoms with E-state index >= 15 is 0 Å². The number of para-hydroxylation sites is 1. The Labute approximate surface area is 221 Å². The van der Waals surface area contributed by atoms with Gasteiger partial charge in [0.05, 0.1) is 42.4 Å². The molecular weight excluding hydrogens is 514 g/mol. The van der Waals surface area contributed by atoms with Crippen molar-refractivity contribution < 1.29 is 24.2 Å². The van der Waals surface area contributed by atoms with Crippen molar-refractivity contribution in [3.05, 3.63) is 92.1 Å². The number of phenolic OH excluding ortho intramolecular Hbond substituents is 1. The monoisotopic (exact) mass is 537 g/mol. The number of aromatic nitrogens is 2. The van der Waals surface area contributed by atoms with Gasteiger partial charge in [0, 0.05) is 12.5 Å². The standard InChI is InChI=1S/C27H24ClN3O7/c1-37-23-13-24(38-2)21(12-20(23)28)29-25(34)15-30-22-6-4-3-5-19(22)26(35)31(27(30)36)14-18(33)11-16-7-9-17(32)10-8-16/h3-10,12-13,32H,11,14-15H2,1-2H3,(H,29,34). The summed E-state index contributed by atoms with van der Waals surface area (Å²) < 4.78 is 12.4. The molecule has 0 aliphatic heterocycles. The van der Waals surface area contributed by atoms with Crippen molar-refractivity contribution in [3.63, 3.8) is 0 Å². The molecule has 4 aromatic rings. The Morgan fingerprint density at radius 3 is 2.29 bits per heavy atom. The number of nitrogens with zero attached hydrogens (tertiary/aromatic N) is 2. The number of rotatable bonds is 9. The zero-order valence-corrected chi connectivity index (χ0v) is 21.3. The fourth-order valence-corrected chi connectivity index (χ4v) is 4.27. The van der Waals surface area contributed by atoms with Gasteiger partial charge in [0.1, 0.15) is 23.8 Å². The number of ketones is 1. The predicted molar refractivity (Wildman–Crippen MR) is 142 cm³/mol. The summed E-state index contributed by atoms with van der Waals surface area (Å²) in [6, 6.07) is 15.4. The van der Waals surface area contributed by atoms with E-state index in [4.69, 9.17) is 21.1 Å². The Morgan fingerprint density at radius 1 is 0.921 bits per heavy atom. The van der Waals surface area contributed by atoms with Crippen LogP contribution in [0.25, 0.3) is 10.9 Å². The largest absolute Gasteiger partial charge is 0.508 e. The summed E-state index contributed by atoms with van der Waals surface area (Å²) >= 11 is 6.19. The van der Waals surface area contributed by atoms with Crippen LogP contribution in [0.3, 0.4) is 0 Å². The highest BCUT2D eigenvalue weighted by Crippen LogP contribution is 2.35. The molecule has 0 aliphatic carbocycles. The number of methoxy groups -OCH3 is 2. The maximum absolute atomic E-state index is 13.4. The molecule has 0 saturated heterocycles. The number of carbonyl (C=O) groups is 2. The van der Waals surface area contributed by atoms with Gasteiger partial charge in [-0.15, -0.1) is 0 Å². The van der Waals surface area contributed by atoms with Crippen molar-refractivity contribution in [2.75, 3.05) is 19.5 Å². The van der Waals surface area contributed by atoms with Gasteiger partial charge >= 0.3 is 5.69 Å². The van der Waals surface area contributed by atoms with Gasteiger partial charge in [-0.2, -0.15) is 0 Å². The number of fused-ring (bicyclic) bond motifs is 1. The van der Waals surface area contributed by atoms with Crippen LogP contribution in [-0.4, -0.2) is 40.2 Å². The molecule has 1 amide bonds. The molecule has 10 nitrogen and oxygen atoms in total. The van der Waals surface area contributed by atoms with Crippen LogP contribution in [0, 0.1) is 0 Å². The second-order valence-electron chi connectivity index (χ2n) is 8.39. The fourth-order valence-electron chi connectivity index (χ4n) is 4.03. The lowest BCUT2D eigenvalue weighted by Gasteiger charge is -2.16. The topological polar surface area (TPSA) is 129 Å². The minimum atomic E-state index is -0.803. The molecule has 0 atom stereocenters. The highest BCUT2D eigenvalue weighted by atomic mass is 35.5. The van der Waals surface area contributed by atoms with Crippen LogP contribution in [0.1, 0.15) is 5.56 Å². The molecule has 2 N–H and O–H groups in total. The van der Waals surface area contributed by atoms with Crippen LogP contribution >= 0.6 is 11.6 Å². The van der Waals surface area contributed by atoms with Crippen molar-refractivity contribution in [3.8, 4) is 17.2 Å². The van der Waals surface area contributed by atoms with E-state index in [2.05, 4.69) is 5.32 Å². The number of phenols is 1. The first kappa shape index (κ1) is 26.5. The highest BCUT2D eigenvalue weighted by molar-refractivity contribution is 6.32. The van der Waals surface area contributed by atoms with E-state index in [0.717, 1.165) is 9.13 Å². The molecule has 1 aromatic heterocycles. The average Bonchev–Trinajstić information content (AvgIpc) is 2.90. The summed E-state index contributed by atoms with van der Waals surface area (Å²) in [5.41, 5.74) is -0.307. The Morgan fingerprint density at radius 2 is 1.61 bits per heavy atom. The Balaban J connectivity index is 1.66. The third kappa shape index (κ3) is 5.55. The Hall–Kier alpha value is -4.57. The number of hydrogen-bond donors (Lipinski definition) is 2. The molecule has 4 rings (SSSR count). The minimum absolute atomic E-state index is 0.0442. The number of ether oxygens (including phenoxy) is 2. The molecule has 0 radical (unpaired) electrons. The van der Waals surface area contributed by atoms with Gasteiger partial charge in [0.2, 0.25) is 5.91 Å². The van der Waals surface area contributed by atoms with E-state index in [9.17, 15) is 24.3 Å². The van der Waals surface area contributed by atoms with Crippen molar-refractivity contribution in [2.24, 2.45) is 0 Å². The highest BCUT2D eigenvalue weighted by Gasteiger charge is 2.19. The van der Waals surface area contributed by atoms with E-state index in [1.807, 2.05) is 0 Å². The van der Waals surface area contributed by atoms with Crippen LogP contribution in [0.2, 0.25) is 5.02 Å². The van der Waals surface area contributed by atoms with E-state index in [-0.39, 0.29) is 33.8 Å². The molecule has 0 unspecified atom stereocenters. The summed E-state index contributed by atoms with van der Waals surface area (Å²) in [5, 5.41) is 12.5. The number of carbonyl (C=O) groups excluding carboxylic acids is 2. The number of hydrogen-bond acceptors (Lipinski definition) is 7. The quantitative estimate of drug-likeness (QED) is 0.336. The van der Waals surface area contributed by atoms with Gasteiger partial charge in [0.25, 0.3) is 5.56 Å². The normalized spacial score (nSPS) is 10.8. The van der Waals surface area contributed by atoms with Crippen LogP contribution < -0.4 is 26.0 Å². The molecule has 1 heterocycles. The van der Waals surface area contributed by atoms with E-state index in [0.29, 0.717) is 17.1 Å². The number of aromatic hydroxyl groups is 1. The lowest BCUT2D eigenvalue weighted by molar-refractivity contribution is -0.119. The number of benzene rings is 3. The summed E-state index contributed by atoms with van der Waals surface area (Å²) in [5.74, 6) is -0.270. The number of amides is 1. The molecule has 0 fully saturated rings. The lowest BCUT2D eigenvalue weighted by atomic mass is 10.1. The zero-order chi connectivity index (χ0) is 27.4. The molecular formula is C27H24ClN3O7. The van der Waals surface area contributed by atoms with Gasteiger partial charge < -0.3 is 19.9 Å². The Kier molecular flexibility index (Phi) is 7.82. The third-order valence-corrected chi connectivity index (χ3v) is 6.15. The molecule has 196 valence electrons. The number of Topliss-reactive ketones (excluding diaryl/α,β-unsaturated/α-hetero) is 1. The Bertz CT molecular complexity index is 1640. The van der Waals surface area contributed by atoms with Crippen LogP contribution in [0.4, 0.5) is 5.69 Å². The van der Waals surface area contributed by atoms with Gasteiger partial charge in [-0.25, -0.2) is 4.79 Å². The first-order valence-electron chi connectivity index (χ1n) is 11.4. The number of nitrogens with one attached hydrogen (secondary N) is 1.